The maximum Gasteiger partial charge on any atom is 0.240 e. The average molecular weight is 266 g/mol. The predicted octanol–water partition coefficient (Wildman–Crippen LogP) is 0.501. The Morgan fingerprint density at radius 1 is 1.32 bits per heavy atom. The van der Waals surface area contributed by atoms with Crippen molar-refractivity contribution in [3.05, 3.63) is 35.4 Å². The van der Waals surface area contributed by atoms with Gasteiger partial charge in [-0.3, -0.25) is 9.59 Å². The van der Waals surface area contributed by atoms with Crippen LogP contribution in [0.15, 0.2) is 18.2 Å². The summed E-state index contributed by atoms with van der Waals surface area (Å²) in [6, 6.07) is 1.77. The van der Waals surface area contributed by atoms with Crippen LogP contribution in [-0.2, 0) is 16.0 Å². The summed E-state index contributed by atoms with van der Waals surface area (Å²) >= 11 is 0. The van der Waals surface area contributed by atoms with E-state index in [4.69, 9.17) is 12.2 Å². The first kappa shape index (κ1) is 14.6. The fourth-order valence-electron chi connectivity index (χ4n) is 1.48. The molecular formula is C13H12F2N2O2. The van der Waals surface area contributed by atoms with Crippen molar-refractivity contribution in [1.82, 2.24) is 5.32 Å². The molecule has 19 heavy (non-hydrogen) atoms. The summed E-state index contributed by atoms with van der Waals surface area (Å²) in [6.45, 7) is 0. The summed E-state index contributed by atoms with van der Waals surface area (Å²) in [5.41, 5.74) is 5.20. The van der Waals surface area contributed by atoms with Gasteiger partial charge in [0.1, 0.15) is 17.7 Å². The normalized spacial score (nSPS) is 11.4. The lowest BCUT2D eigenvalue weighted by Crippen LogP contribution is -2.44. The molecule has 0 fully saturated rings. The third-order valence-corrected chi connectivity index (χ3v) is 2.29. The molecule has 1 atom stereocenters. The predicted molar refractivity (Wildman–Crippen MR) is 64.6 cm³/mol. The molecule has 3 N–H and O–H groups in total. The molecule has 2 amide bonds. The van der Waals surface area contributed by atoms with E-state index in [1.165, 1.54) is 0 Å². The highest BCUT2D eigenvalue weighted by molar-refractivity contribution is 5.87. The van der Waals surface area contributed by atoms with Crippen LogP contribution in [-0.4, -0.2) is 17.9 Å². The van der Waals surface area contributed by atoms with E-state index in [0.717, 1.165) is 12.1 Å². The molecule has 0 aliphatic carbocycles. The number of carbonyl (C=O) groups excluding carboxylic acids is 2. The highest BCUT2D eigenvalue weighted by Gasteiger charge is 2.17. The van der Waals surface area contributed by atoms with Gasteiger partial charge in [-0.25, -0.2) is 8.78 Å². The average Bonchev–Trinajstić information content (AvgIpc) is 2.26. The number of halogens is 2. The smallest absolute Gasteiger partial charge is 0.240 e. The van der Waals surface area contributed by atoms with Crippen LogP contribution in [0.4, 0.5) is 8.78 Å². The fourth-order valence-corrected chi connectivity index (χ4v) is 1.48. The van der Waals surface area contributed by atoms with E-state index in [-0.39, 0.29) is 18.4 Å². The molecule has 0 aromatic heterocycles. The lowest BCUT2D eigenvalue weighted by Gasteiger charge is -2.12. The number of nitrogens with one attached hydrogen (secondary N) is 1. The Bertz CT molecular complexity index is 518. The van der Waals surface area contributed by atoms with E-state index < -0.39 is 29.5 Å². The number of hydrogen-bond donors (Lipinski definition) is 2. The van der Waals surface area contributed by atoms with E-state index in [1.807, 2.05) is 0 Å². The van der Waals surface area contributed by atoms with Gasteiger partial charge in [0.05, 0.1) is 6.42 Å². The van der Waals surface area contributed by atoms with Gasteiger partial charge < -0.3 is 11.1 Å². The number of carbonyl (C=O) groups is 2. The molecule has 4 nitrogen and oxygen atoms in total. The summed E-state index contributed by atoms with van der Waals surface area (Å²) in [5, 5.41) is 2.30. The number of nitrogens with two attached hydrogens (primary N) is 1. The summed E-state index contributed by atoms with van der Waals surface area (Å²) in [7, 11) is 0. The van der Waals surface area contributed by atoms with Gasteiger partial charge in [0.15, 0.2) is 0 Å². The van der Waals surface area contributed by atoms with Gasteiger partial charge in [0.2, 0.25) is 11.8 Å². The second kappa shape index (κ2) is 6.50. The Balaban J connectivity index is 2.69. The summed E-state index contributed by atoms with van der Waals surface area (Å²) < 4.78 is 25.8. The Labute approximate surface area is 109 Å². The van der Waals surface area contributed by atoms with Crippen LogP contribution in [0, 0.1) is 24.0 Å². The molecule has 0 aliphatic rings. The monoisotopic (exact) mass is 266 g/mol. The van der Waals surface area contributed by atoms with Gasteiger partial charge in [0, 0.05) is 12.5 Å². The number of rotatable bonds is 5. The van der Waals surface area contributed by atoms with E-state index >= 15 is 0 Å². The van der Waals surface area contributed by atoms with Crippen molar-refractivity contribution >= 4 is 11.8 Å². The molecule has 0 bridgehead atoms. The quantitative estimate of drug-likeness (QED) is 0.762. The molecule has 0 radical (unpaired) electrons. The zero-order valence-electron chi connectivity index (χ0n) is 9.95. The van der Waals surface area contributed by atoms with Crippen molar-refractivity contribution < 1.29 is 18.4 Å². The molecule has 0 saturated heterocycles. The zero-order chi connectivity index (χ0) is 14.4. The van der Waals surface area contributed by atoms with E-state index in [1.54, 1.807) is 0 Å². The molecule has 0 aliphatic heterocycles. The first-order valence-electron chi connectivity index (χ1n) is 5.39. The Morgan fingerprint density at radius 2 is 1.89 bits per heavy atom. The molecule has 0 spiro atoms. The minimum atomic E-state index is -0.990. The summed E-state index contributed by atoms with van der Waals surface area (Å²) in [5.74, 6) is -0.719. The Kier molecular flexibility index (Phi) is 5.01. The van der Waals surface area contributed by atoms with E-state index in [2.05, 4.69) is 11.2 Å². The van der Waals surface area contributed by atoms with Gasteiger partial charge in [-0.2, -0.15) is 0 Å². The Hall–Kier alpha value is -2.42. The van der Waals surface area contributed by atoms with Gasteiger partial charge >= 0.3 is 0 Å². The Morgan fingerprint density at radius 3 is 2.37 bits per heavy atom. The van der Waals surface area contributed by atoms with E-state index in [9.17, 15) is 18.4 Å². The standard InChI is InChI=1S/C13H12F2N2O2/c1-2-3-11(13(16)19)17-12(18)6-8-4-9(14)7-10(15)5-8/h1,4-5,7,11H,3,6H2,(H2,16,19)(H,17,18)/t11-/m0/s1. The van der Waals surface area contributed by atoms with Crippen LogP contribution in [0.3, 0.4) is 0 Å². The molecule has 1 rings (SSSR count). The first-order valence-corrected chi connectivity index (χ1v) is 5.39. The molecule has 6 heteroatoms. The van der Waals surface area contributed by atoms with Crippen LogP contribution in [0.5, 0.6) is 0 Å². The molecule has 0 unspecified atom stereocenters. The van der Waals surface area contributed by atoms with Crippen LogP contribution < -0.4 is 11.1 Å². The van der Waals surface area contributed by atoms with Crippen molar-refractivity contribution in [2.24, 2.45) is 5.73 Å². The number of benzene rings is 1. The second-order valence-electron chi connectivity index (χ2n) is 3.89. The van der Waals surface area contributed by atoms with Crippen LogP contribution in [0.25, 0.3) is 0 Å². The molecule has 1 aromatic carbocycles. The number of amides is 2. The number of primary amides is 1. The maximum atomic E-state index is 12.9. The summed E-state index contributed by atoms with van der Waals surface area (Å²) in [6.07, 6.45) is 4.71. The molecule has 100 valence electrons. The van der Waals surface area contributed by atoms with Gasteiger partial charge in [-0.1, -0.05) is 0 Å². The third kappa shape index (κ3) is 4.76. The third-order valence-electron chi connectivity index (χ3n) is 2.29. The lowest BCUT2D eigenvalue weighted by molar-refractivity contribution is -0.126. The van der Waals surface area contributed by atoms with Crippen molar-refractivity contribution in [2.45, 2.75) is 18.9 Å². The van der Waals surface area contributed by atoms with Crippen LogP contribution in [0.1, 0.15) is 12.0 Å². The number of terminal acetylenes is 1. The van der Waals surface area contributed by atoms with Crippen molar-refractivity contribution in [2.75, 3.05) is 0 Å². The van der Waals surface area contributed by atoms with Crippen LogP contribution >= 0.6 is 0 Å². The molecule has 1 aromatic rings. The topological polar surface area (TPSA) is 72.2 Å². The lowest BCUT2D eigenvalue weighted by atomic mass is 10.1. The van der Waals surface area contributed by atoms with Crippen molar-refractivity contribution in [3.8, 4) is 12.3 Å². The highest BCUT2D eigenvalue weighted by Crippen LogP contribution is 2.08. The second-order valence-corrected chi connectivity index (χ2v) is 3.89. The molecule has 0 saturated carbocycles. The largest absolute Gasteiger partial charge is 0.368 e. The van der Waals surface area contributed by atoms with E-state index in [0.29, 0.717) is 6.07 Å². The highest BCUT2D eigenvalue weighted by atomic mass is 19.1. The van der Waals surface area contributed by atoms with Gasteiger partial charge in [0.25, 0.3) is 0 Å². The van der Waals surface area contributed by atoms with Gasteiger partial charge in [-0.15, -0.1) is 12.3 Å². The zero-order valence-corrected chi connectivity index (χ0v) is 9.95. The SMILES string of the molecule is C#CC[C@H](NC(=O)Cc1cc(F)cc(F)c1)C(N)=O. The summed E-state index contributed by atoms with van der Waals surface area (Å²) in [4.78, 5) is 22.6. The van der Waals surface area contributed by atoms with Crippen LogP contribution in [0.2, 0.25) is 0 Å². The number of hydrogen-bond acceptors (Lipinski definition) is 2. The van der Waals surface area contributed by atoms with Crippen molar-refractivity contribution in [1.29, 1.82) is 0 Å². The van der Waals surface area contributed by atoms with Crippen molar-refractivity contribution in [3.63, 3.8) is 0 Å². The fraction of sp³-hybridized carbons (Fsp3) is 0.231. The molecular weight excluding hydrogens is 254 g/mol. The maximum absolute atomic E-state index is 12.9. The molecule has 0 heterocycles. The minimum Gasteiger partial charge on any atom is -0.368 e. The first-order chi connectivity index (χ1) is 8.92. The minimum absolute atomic E-state index is 0.0431. The van der Waals surface area contributed by atoms with Gasteiger partial charge in [-0.05, 0) is 17.7 Å².